The zero-order valence-corrected chi connectivity index (χ0v) is 15.7. The van der Waals surface area contributed by atoms with Crippen molar-refractivity contribution >= 4 is 11.7 Å². The Balaban J connectivity index is 1.85. The minimum absolute atomic E-state index is 0.0567. The Hall–Kier alpha value is -2.56. The molecule has 1 aromatic heterocycles. The Labute approximate surface area is 153 Å². The van der Waals surface area contributed by atoms with Crippen molar-refractivity contribution in [1.82, 2.24) is 5.16 Å². The minimum Gasteiger partial charge on any atom is -0.494 e. The molecule has 136 valence electrons. The SMILES string of the molecule is CCOc1ccc([C@@H]2C3=C(CC(C)(C)CC3=O)Nc3onc(C)c32)cc1. The van der Waals surface area contributed by atoms with Crippen molar-refractivity contribution in [1.29, 1.82) is 0 Å². The summed E-state index contributed by atoms with van der Waals surface area (Å²) in [5.74, 6) is 1.55. The van der Waals surface area contributed by atoms with Gasteiger partial charge < -0.3 is 14.6 Å². The second kappa shape index (κ2) is 6.01. The van der Waals surface area contributed by atoms with Gasteiger partial charge in [0.15, 0.2) is 5.78 Å². The van der Waals surface area contributed by atoms with Gasteiger partial charge in [0.05, 0.1) is 17.9 Å². The predicted octanol–water partition coefficient (Wildman–Crippen LogP) is 4.58. The van der Waals surface area contributed by atoms with E-state index < -0.39 is 0 Å². The molecule has 0 saturated heterocycles. The molecule has 5 nitrogen and oxygen atoms in total. The number of aryl methyl sites for hydroxylation is 1. The van der Waals surface area contributed by atoms with Gasteiger partial charge in [0, 0.05) is 23.6 Å². The molecule has 0 spiro atoms. The van der Waals surface area contributed by atoms with Crippen LogP contribution in [0.1, 0.15) is 56.4 Å². The molecule has 0 saturated carbocycles. The highest BCUT2D eigenvalue weighted by atomic mass is 16.5. The van der Waals surface area contributed by atoms with E-state index >= 15 is 0 Å². The van der Waals surface area contributed by atoms with Crippen molar-refractivity contribution in [3.05, 3.63) is 52.4 Å². The number of ketones is 1. The smallest absolute Gasteiger partial charge is 0.233 e. The molecule has 1 aliphatic carbocycles. The van der Waals surface area contributed by atoms with Crippen molar-refractivity contribution in [2.45, 2.75) is 46.5 Å². The molecule has 2 aromatic rings. The number of carbonyl (C=O) groups is 1. The molecule has 0 fully saturated rings. The molecular formula is C21H24N2O3. The summed E-state index contributed by atoms with van der Waals surface area (Å²) >= 11 is 0. The van der Waals surface area contributed by atoms with Gasteiger partial charge in [0.1, 0.15) is 5.75 Å². The maximum Gasteiger partial charge on any atom is 0.233 e. The average molecular weight is 352 g/mol. The lowest BCUT2D eigenvalue weighted by Gasteiger charge is -2.37. The van der Waals surface area contributed by atoms with Crippen LogP contribution in [0.25, 0.3) is 0 Å². The van der Waals surface area contributed by atoms with E-state index in [2.05, 4.69) is 24.3 Å². The molecule has 2 heterocycles. The second-order valence-corrected chi connectivity index (χ2v) is 7.90. The number of benzene rings is 1. The van der Waals surface area contributed by atoms with Crippen LogP contribution in [0.15, 0.2) is 40.1 Å². The Bertz CT molecular complexity index is 890. The first-order chi connectivity index (χ1) is 12.4. The van der Waals surface area contributed by atoms with Gasteiger partial charge in [-0.25, -0.2) is 0 Å². The standard InChI is InChI=1S/C21H24N2O3/c1-5-25-14-8-6-13(7-9-14)18-17-12(2)23-26-20(17)22-15-10-21(3,4)11-16(24)19(15)18/h6-9,18,22H,5,10-11H2,1-4H3/t18-/m0/s1. The number of allylic oxidation sites excluding steroid dienone is 2. The topological polar surface area (TPSA) is 64.4 Å². The zero-order chi connectivity index (χ0) is 18.5. The fraction of sp³-hybridized carbons (Fsp3) is 0.429. The molecule has 0 amide bonds. The zero-order valence-electron chi connectivity index (χ0n) is 15.7. The molecule has 4 rings (SSSR count). The number of aromatic nitrogens is 1. The average Bonchev–Trinajstić information content (AvgIpc) is 2.94. The Morgan fingerprint density at radius 3 is 2.69 bits per heavy atom. The number of nitrogens with zero attached hydrogens (tertiary/aromatic N) is 1. The summed E-state index contributed by atoms with van der Waals surface area (Å²) in [6.07, 6.45) is 1.38. The minimum atomic E-state index is -0.147. The number of fused-ring (bicyclic) bond motifs is 1. The summed E-state index contributed by atoms with van der Waals surface area (Å²) in [5.41, 5.74) is 4.60. The molecule has 5 heteroatoms. The van der Waals surface area contributed by atoms with Gasteiger partial charge in [0.2, 0.25) is 5.88 Å². The van der Waals surface area contributed by atoms with Gasteiger partial charge in [-0.3, -0.25) is 4.79 Å². The molecule has 0 unspecified atom stereocenters. The molecule has 1 N–H and O–H groups in total. The molecule has 1 aliphatic heterocycles. The normalized spacial score (nSPS) is 21.1. The van der Waals surface area contributed by atoms with E-state index in [1.165, 1.54) is 0 Å². The van der Waals surface area contributed by atoms with E-state index in [1.54, 1.807) is 0 Å². The van der Waals surface area contributed by atoms with E-state index in [9.17, 15) is 4.79 Å². The molecule has 2 aliphatic rings. The molecule has 0 radical (unpaired) electrons. The highest BCUT2D eigenvalue weighted by molar-refractivity contribution is 6.01. The monoisotopic (exact) mass is 352 g/mol. The fourth-order valence-corrected chi connectivity index (χ4v) is 4.13. The lowest BCUT2D eigenvalue weighted by Crippen LogP contribution is -2.33. The number of rotatable bonds is 3. The van der Waals surface area contributed by atoms with Crippen LogP contribution in [0.5, 0.6) is 5.75 Å². The lowest BCUT2D eigenvalue weighted by atomic mass is 9.69. The summed E-state index contributed by atoms with van der Waals surface area (Å²) in [7, 11) is 0. The van der Waals surface area contributed by atoms with Crippen LogP contribution in [0.4, 0.5) is 5.88 Å². The molecule has 1 atom stereocenters. The Kier molecular flexibility index (Phi) is 3.90. The Morgan fingerprint density at radius 1 is 1.27 bits per heavy atom. The highest BCUT2D eigenvalue weighted by Crippen LogP contribution is 2.49. The van der Waals surface area contributed by atoms with E-state index in [0.29, 0.717) is 18.9 Å². The first kappa shape index (κ1) is 16.9. The maximum atomic E-state index is 13.1. The quantitative estimate of drug-likeness (QED) is 0.876. The predicted molar refractivity (Wildman–Crippen MR) is 99.4 cm³/mol. The fourth-order valence-electron chi connectivity index (χ4n) is 4.13. The van der Waals surface area contributed by atoms with Gasteiger partial charge >= 0.3 is 0 Å². The summed E-state index contributed by atoms with van der Waals surface area (Å²) < 4.78 is 11.1. The van der Waals surface area contributed by atoms with Crippen LogP contribution in [-0.2, 0) is 4.79 Å². The second-order valence-electron chi connectivity index (χ2n) is 7.90. The van der Waals surface area contributed by atoms with Crippen LogP contribution in [-0.4, -0.2) is 17.5 Å². The van der Waals surface area contributed by atoms with E-state index in [-0.39, 0.29) is 17.1 Å². The number of carbonyl (C=O) groups excluding carboxylic acids is 1. The summed E-state index contributed by atoms with van der Waals surface area (Å²) in [4.78, 5) is 13.1. The molecule has 0 bridgehead atoms. The van der Waals surface area contributed by atoms with Crippen LogP contribution < -0.4 is 10.1 Å². The van der Waals surface area contributed by atoms with Crippen LogP contribution in [0.3, 0.4) is 0 Å². The van der Waals surface area contributed by atoms with E-state index in [0.717, 1.165) is 40.3 Å². The summed E-state index contributed by atoms with van der Waals surface area (Å²) in [5, 5.41) is 7.48. The third-order valence-electron chi connectivity index (χ3n) is 5.19. The lowest BCUT2D eigenvalue weighted by molar-refractivity contribution is -0.118. The first-order valence-corrected chi connectivity index (χ1v) is 9.12. The number of ether oxygens (including phenoxy) is 1. The number of nitrogens with one attached hydrogen (secondary N) is 1. The third-order valence-corrected chi connectivity index (χ3v) is 5.19. The number of anilines is 1. The largest absolute Gasteiger partial charge is 0.494 e. The van der Waals surface area contributed by atoms with Crippen molar-refractivity contribution in [2.24, 2.45) is 5.41 Å². The van der Waals surface area contributed by atoms with Crippen LogP contribution in [0.2, 0.25) is 0 Å². The number of hydrogen-bond acceptors (Lipinski definition) is 5. The first-order valence-electron chi connectivity index (χ1n) is 9.12. The summed E-state index contributed by atoms with van der Waals surface area (Å²) in [6, 6.07) is 7.99. The van der Waals surface area contributed by atoms with Crippen molar-refractivity contribution in [3.63, 3.8) is 0 Å². The van der Waals surface area contributed by atoms with E-state index in [1.807, 2.05) is 38.1 Å². The van der Waals surface area contributed by atoms with Gasteiger partial charge in [-0.1, -0.05) is 31.1 Å². The Morgan fingerprint density at radius 2 is 2.00 bits per heavy atom. The van der Waals surface area contributed by atoms with E-state index in [4.69, 9.17) is 9.26 Å². The van der Waals surface area contributed by atoms with Crippen molar-refractivity contribution in [2.75, 3.05) is 11.9 Å². The van der Waals surface area contributed by atoms with Crippen molar-refractivity contribution in [3.8, 4) is 5.75 Å². The molecular weight excluding hydrogens is 328 g/mol. The molecule has 1 aromatic carbocycles. The number of Topliss-reactive ketones (excluding diaryl/α,β-unsaturated/α-hetero) is 1. The van der Waals surface area contributed by atoms with Gasteiger partial charge in [-0.2, -0.15) is 0 Å². The van der Waals surface area contributed by atoms with Gasteiger partial charge in [-0.15, -0.1) is 0 Å². The molecule has 26 heavy (non-hydrogen) atoms. The van der Waals surface area contributed by atoms with Crippen LogP contribution in [0, 0.1) is 12.3 Å². The summed E-state index contributed by atoms with van der Waals surface area (Å²) in [6.45, 7) is 8.78. The van der Waals surface area contributed by atoms with Crippen molar-refractivity contribution < 1.29 is 14.1 Å². The highest BCUT2D eigenvalue weighted by Gasteiger charge is 2.42. The van der Waals surface area contributed by atoms with Crippen LogP contribution >= 0.6 is 0 Å². The van der Waals surface area contributed by atoms with Gasteiger partial charge in [-0.05, 0) is 43.4 Å². The number of hydrogen-bond donors (Lipinski definition) is 1. The van der Waals surface area contributed by atoms with Gasteiger partial charge in [0.25, 0.3) is 0 Å². The maximum absolute atomic E-state index is 13.1. The third kappa shape index (κ3) is 2.71.